The molecule has 2 N–H and O–H groups in total. The van der Waals surface area contributed by atoms with E-state index in [9.17, 15) is 14.4 Å². The van der Waals surface area contributed by atoms with E-state index >= 15 is 0 Å². The third-order valence-electron chi connectivity index (χ3n) is 5.67. The topological polar surface area (TPSA) is 130 Å². The number of pyridine rings is 1. The molecule has 0 radical (unpaired) electrons. The number of carboxylic acid groups (broad SMARTS) is 1. The summed E-state index contributed by atoms with van der Waals surface area (Å²) in [4.78, 5) is 42.9. The molecule has 1 aromatic carbocycles. The second-order valence-electron chi connectivity index (χ2n) is 8.08. The van der Waals surface area contributed by atoms with Crippen LogP contribution >= 0.6 is 0 Å². The number of aromatic nitrogens is 1. The summed E-state index contributed by atoms with van der Waals surface area (Å²) in [6, 6.07) is 6.88. The quantitative estimate of drug-likeness (QED) is 0.380. The fourth-order valence-electron chi connectivity index (χ4n) is 3.86. The van der Waals surface area contributed by atoms with Crippen LogP contribution in [0.4, 0.5) is 0 Å². The zero-order valence-corrected chi connectivity index (χ0v) is 19.6. The van der Waals surface area contributed by atoms with Crippen LogP contribution in [0.2, 0.25) is 0 Å². The number of hydrogen-bond acceptors (Lipinski definition) is 7. The van der Waals surface area contributed by atoms with Crippen molar-refractivity contribution >= 4 is 23.6 Å². The molecule has 2 aromatic rings. The smallest absolute Gasteiger partial charge is 0.341 e. The van der Waals surface area contributed by atoms with Gasteiger partial charge >= 0.3 is 11.9 Å². The minimum Gasteiger partial charge on any atom is -0.481 e. The van der Waals surface area contributed by atoms with Crippen molar-refractivity contribution in [1.82, 2.24) is 9.88 Å². The third-order valence-corrected chi connectivity index (χ3v) is 5.67. The highest BCUT2D eigenvalue weighted by molar-refractivity contribution is 6.05. The monoisotopic (exact) mass is 467 g/mol. The van der Waals surface area contributed by atoms with Crippen molar-refractivity contribution in [2.24, 2.45) is 0 Å². The molecule has 9 nitrogen and oxygen atoms in total. The van der Waals surface area contributed by atoms with Crippen LogP contribution < -0.4 is 4.74 Å². The van der Waals surface area contributed by atoms with Gasteiger partial charge in [-0.2, -0.15) is 0 Å². The Labute approximate surface area is 198 Å². The third kappa shape index (κ3) is 5.41. The minimum atomic E-state index is -1.18. The fourth-order valence-corrected chi connectivity index (χ4v) is 3.86. The van der Waals surface area contributed by atoms with E-state index in [2.05, 4.69) is 4.98 Å². The number of ketones is 1. The van der Waals surface area contributed by atoms with Gasteiger partial charge in [0.2, 0.25) is 0 Å². The van der Waals surface area contributed by atoms with Crippen LogP contribution in [-0.4, -0.2) is 58.8 Å². The van der Waals surface area contributed by atoms with Gasteiger partial charge < -0.3 is 19.5 Å². The summed E-state index contributed by atoms with van der Waals surface area (Å²) in [5.41, 5.74) is 3.23. The van der Waals surface area contributed by atoms with Gasteiger partial charge in [-0.1, -0.05) is 26.3 Å². The van der Waals surface area contributed by atoms with Gasteiger partial charge in [-0.05, 0) is 43.0 Å². The van der Waals surface area contributed by atoms with Gasteiger partial charge in [0.1, 0.15) is 22.8 Å². The highest BCUT2D eigenvalue weighted by Gasteiger charge is 2.29. The van der Waals surface area contributed by atoms with Gasteiger partial charge in [0.25, 0.3) is 0 Å². The lowest BCUT2D eigenvalue weighted by atomic mass is 9.97. The molecule has 0 saturated carbocycles. The molecule has 9 heteroatoms. The van der Waals surface area contributed by atoms with E-state index in [1.54, 1.807) is 11.0 Å². The van der Waals surface area contributed by atoms with E-state index in [-0.39, 0.29) is 35.0 Å². The number of rotatable bonds is 11. The second-order valence-corrected chi connectivity index (χ2v) is 8.08. The number of carbonyl (C=O) groups is 3. The summed E-state index contributed by atoms with van der Waals surface area (Å²) in [7, 11) is 1.21. The lowest BCUT2D eigenvalue weighted by Gasteiger charge is -2.19. The first-order valence-electron chi connectivity index (χ1n) is 11.2. The number of methoxy groups -OCH3 is 1. The Kier molecular flexibility index (Phi) is 7.99. The van der Waals surface area contributed by atoms with Gasteiger partial charge in [0, 0.05) is 23.4 Å². The van der Waals surface area contributed by atoms with Gasteiger partial charge in [-0.3, -0.25) is 10.2 Å². The maximum absolute atomic E-state index is 13.2. The second kappa shape index (κ2) is 10.9. The molecule has 180 valence electrons. The first-order valence-corrected chi connectivity index (χ1v) is 11.2. The predicted octanol–water partition coefficient (Wildman–Crippen LogP) is 3.26. The number of benzene rings is 1. The number of nitrogens with one attached hydrogen (secondary N) is 1. The lowest BCUT2D eigenvalue weighted by molar-refractivity contribution is -0.139. The molecule has 0 aliphatic carbocycles. The molecule has 0 fully saturated rings. The van der Waals surface area contributed by atoms with Crippen molar-refractivity contribution in [1.29, 1.82) is 5.41 Å². The summed E-state index contributed by atoms with van der Waals surface area (Å²) < 4.78 is 10.3. The molecule has 1 aromatic heterocycles. The standard InChI is InChI=1S/C25H29N3O6/c1-4-6-7-15-10-17(11-19(25(32)33-3)23(15)34-14-21(30)31)20(29)13-28-12-16-8-9-18(5-2)27-22(16)24(28)26/h8-11,26H,4-7,12-14H2,1-3H3,(H,30,31). The average Bonchev–Trinajstić information content (AvgIpc) is 3.14. The van der Waals surface area contributed by atoms with Crippen molar-refractivity contribution < 1.29 is 29.0 Å². The zero-order chi connectivity index (χ0) is 24.8. The average molecular weight is 468 g/mol. The number of fused-ring (bicyclic) bond motifs is 1. The van der Waals surface area contributed by atoms with E-state index in [1.807, 2.05) is 26.0 Å². The van der Waals surface area contributed by atoms with E-state index in [0.29, 0.717) is 24.2 Å². The molecule has 0 amide bonds. The van der Waals surface area contributed by atoms with Crippen LogP contribution in [0, 0.1) is 5.41 Å². The molecule has 0 saturated heterocycles. The van der Waals surface area contributed by atoms with Gasteiger partial charge in [-0.15, -0.1) is 0 Å². The van der Waals surface area contributed by atoms with Crippen molar-refractivity contribution in [3.05, 3.63) is 57.9 Å². The van der Waals surface area contributed by atoms with Crippen LogP contribution in [0.5, 0.6) is 5.75 Å². The minimum absolute atomic E-state index is 0.00902. The van der Waals surface area contributed by atoms with Gasteiger partial charge in [0.05, 0.1) is 13.7 Å². The zero-order valence-electron chi connectivity index (χ0n) is 19.6. The number of aliphatic carboxylic acids is 1. The van der Waals surface area contributed by atoms with Crippen LogP contribution in [-0.2, 0) is 28.9 Å². The van der Waals surface area contributed by atoms with Crippen LogP contribution in [0.1, 0.15) is 69.9 Å². The number of esters is 1. The van der Waals surface area contributed by atoms with E-state index in [1.165, 1.54) is 13.2 Å². The molecule has 0 unspecified atom stereocenters. The molecular formula is C25H29N3O6. The first-order chi connectivity index (χ1) is 16.3. The molecule has 1 aliphatic rings. The highest BCUT2D eigenvalue weighted by Crippen LogP contribution is 2.30. The number of carbonyl (C=O) groups excluding carboxylic acids is 2. The molecule has 0 spiro atoms. The van der Waals surface area contributed by atoms with Gasteiger partial charge in [-0.25, -0.2) is 14.6 Å². The van der Waals surface area contributed by atoms with E-state index < -0.39 is 18.5 Å². The number of ether oxygens (including phenoxy) is 2. The van der Waals surface area contributed by atoms with Crippen molar-refractivity contribution in [3.8, 4) is 5.75 Å². The molecule has 1 aliphatic heterocycles. The molecule has 0 bridgehead atoms. The Bertz CT molecular complexity index is 1130. The van der Waals surface area contributed by atoms with Crippen molar-refractivity contribution in [2.75, 3.05) is 20.3 Å². The molecule has 34 heavy (non-hydrogen) atoms. The SMILES string of the molecule is CCCCc1cc(C(=O)CN2Cc3ccc(CC)nc3C2=N)cc(C(=O)OC)c1OCC(=O)O. The largest absolute Gasteiger partial charge is 0.481 e. The number of hydrogen-bond donors (Lipinski definition) is 2. The first kappa shape index (κ1) is 24.9. The number of unbranched alkanes of at least 4 members (excludes halogenated alkanes) is 1. The summed E-state index contributed by atoms with van der Waals surface area (Å²) in [6.45, 7) is 3.73. The summed E-state index contributed by atoms with van der Waals surface area (Å²) in [6.07, 6.45) is 2.89. The lowest BCUT2D eigenvalue weighted by Crippen LogP contribution is -2.30. The Morgan fingerprint density at radius 3 is 2.62 bits per heavy atom. The fraction of sp³-hybridized carbons (Fsp3) is 0.400. The van der Waals surface area contributed by atoms with Gasteiger partial charge in [0.15, 0.2) is 12.4 Å². The summed E-state index contributed by atoms with van der Waals surface area (Å²) in [5.74, 6) is -1.85. The van der Waals surface area contributed by atoms with Crippen LogP contribution in [0.25, 0.3) is 0 Å². The Morgan fingerprint density at radius 2 is 1.97 bits per heavy atom. The Morgan fingerprint density at radius 1 is 1.21 bits per heavy atom. The number of aryl methyl sites for hydroxylation is 2. The number of nitrogens with zero attached hydrogens (tertiary/aromatic N) is 2. The van der Waals surface area contributed by atoms with Crippen molar-refractivity contribution in [3.63, 3.8) is 0 Å². The highest BCUT2D eigenvalue weighted by atomic mass is 16.5. The van der Waals surface area contributed by atoms with E-state index in [0.717, 1.165) is 30.5 Å². The normalized spacial score (nSPS) is 12.4. The number of amidine groups is 1. The van der Waals surface area contributed by atoms with E-state index in [4.69, 9.17) is 20.0 Å². The maximum Gasteiger partial charge on any atom is 0.341 e. The van der Waals surface area contributed by atoms with Crippen molar-refractivity contribution in [2.45, 2.75) is 46.1 Å². The maximum atomic E-state index is 13.2. The summed E-state index contributed by atoms with van der Waals surface area (Å²) in [5, 5.41) is 17.5. The Hall–Kier alpha value is -3.75. The summed E-state index contributed by atoms with van der Waals surface area (Å²) >= 11 is 0. The Balaban J connectivity index is 1.91. The molecular weight excluding hydrogens is 438 g/mol. The predicted molar refractivity (Wildman–Crippen MR) is 125 cm³/mol. The van der Waals surface area contributed by atoms with Crippen LogP contribution in [0.15, 0.2) is 24.3 Å². The molecule has 0 atom stereocenters. The molecule has 2 heterocycles. The molecule has 3 rings (SSSR count). The van der Waals surface area contributed by atoms with Crippen LogP contribution in [0.3, 0.4) is 0 Å². The number of carboxylic acids is 1. The number of Topliss-reactive ketones (excluding diaryl/α,β-unsaturated/α-hetero) is 1.